The van der Waals surface area contributed by atoms with Gasteiger partial charge in [0.2, 0.25) is 5.91 Å². The van der Waals surface area contributed by atoms with E-state index in [1.807, 2.05) is 23.1 Å². The zero-order valence-corrected chi connectivity index (χ0v) is 17.9. The number of fused-ring (bicyclic) bond motifs is 1. The summed E-state index contributed by atoms with van der Waals surface area (Å²) in [7, 11) is 0. The van der Waals surface area contributed by atoms with Crippen LogP contribution in [0.15, 0.2) is 81.3 Å². The van der Waals surface area contributed by atoms with E-state index in [1.54, 1.807) is 42.5 Å². The summed E-state index contributed by atoms with van der Waals surface area (Å²) >= 11 is 1.79. The highest BCUT2D eigenvalue weighted by Gasteiger charge is 2.32. The third kappa shape index (κ3) is 4.89. The molecule has 2 aromatic carbocycles. The Labute approximate surface area is 181 Å². The Morgan fingerprint density at radius 2 is 1.77 bits per heavy atom. The van der Waals surface area contributed by atoms with Crippen molar-refractivity contribution in [1.82, 2.24) is 9.21 Å². The summed E-state index contributed by atoms with van der Waals surface area (Å²) in [6.45, 7) is 5.63. The molecule has 0 atom stereocenters. The van der Waals surface area contributed by atoms with Crippen LogP contribution >= 0.6 is 11.9 Å². The van der Waals surface area contributed by atoms with Crippen molar-refractivity contribution in [3.63, 3.8) is 0 Å². The van der Waals surface area contributed by atoms with Crippen LogP contribution < -0.4 is 0 Å². The number of carbonyl (C=O) groups excluding carboxylic acids is 1. The van der Waals surface area contributed by atoms with Gasteiger partial charge in [-0.2, -0.15) is 0 Å². The summed E-state index contributed by atoms with van der Waals surface area (Å²) in [4.78, 5) is 15.3. The molecule has 5 rings (SSSR count). The first-order valence-electron chi connectivity index (χ1n) is 10.2. The van der Waals surface area contributed by atoms with Gasteiger partial charge in [-0.3, -0.25) is 4.79 Å². The fourth-order valence-electron chi connectivity index (χ4n) is 3.74. The van der Waals surface area contributed by atoms with Gasteiger partial charge in [0.15, 0.2) is 0 Å². The summed E-state index contributed by atoms with van der Waals surface area (Å²) in [6, 6.07) is 17.0. The molecule has 0 fully saturated rings. The summed E-state index contributed by atoms with van der Waals surface area (Å²) in [5.41, 5.74) is 3.80. The molecular formula is C24H26N2O3S. The van der Waals surface area contributed by atoms with Crippen molar-refractivity contribution in [3.05, 3.63) is 72.0 Å². The zero-order valence-electron chi connectivity index (χ0n) is 17.1. The standard InChI is InChI=1S/C18H20N2O2S.C6H6O/c1-2-3-18(21)19-9-14-11-20(12-15(14)10-19)23-16-4-5-17-13(8-16)6-7-22-17;7-6-4-2-1-3-5-6/h4-8H,2-3,9-12H2,1H3;1-5,7H. The van der Waals surface area contributed by atoms with Crippen LogP contribution in [-0.4, -0.2) is 46.4 Å². The molecule has 3 aromatic rings. The number of hydrogen-bond acceptors (Lipinski definition) is 5. The Morgan fingerprint density at radius 1 is 1.03 bits per heavy atom. The zero-order chi connectivity index (χ0) is 20.9. The predicted molar refractivity (Wildman–Crippen MR) is 120 cm³/mol. The predicted octanol–water partition coefficient (Wildman–Crippen LogP) is 5.09. The van der Waals surface area contributed by atoms with E-state index in [9.17, 15) is 4.79 Å². The van der Waals surface area contributed by atoms with Gasteiger partial charge in [0.1, 0.15) is 11.3 Å². The molecule has 0 spiro atoms. The summed E-state index contributed by atoms with van der Waals surface area (Å²) in [5.74, 6) is 0.619. The van der Waals surface area contributed by atoms with E-state index in [4.69, 9.17) is 9.52 Å². The van der Waals surface area contributed by atoms with E-state index in [1.165, 1.54) is 16.0 Å². The number of rotatable bonds is 4. The number of para-hydroxylation sites is 1. The minimum atomic E-state index is 0.298. The first-order chi connectivity index (χ1) is 14.6. The maximum atomic E-state index is 12.0. The van der Waals surface area contributed by atoms with Gasteiger partial charge in [-0.05, 0) is 65.9 Å². The second-order valence-corrected chi connectivity index (χ2v) is 8.72. The molecule has 0 aliphatic carbocycles. The molecule has 1 amide bonds. The normalized spacial score (nSPS) is 16.0. The van der Waals surface area contributed by atoms with Gasteiger partial charge in [-0.25, -0.2) is 4.31 Å². The smallest absolute Gasteiger partial charge is 0.223 e. The van der Waals surface area contributed by atoms with Crippen molar-refractivity contribution in [2.75, 3.05) is 26.2 Å². The first kappa shape index (κ1) is 20.6. The Balaban J connectivity index is 0.000000265. The van der Waals surface area contributed by atoms with Crippen molar-refractivity contribution in [1.29, 1.82) is 0 Å². The molecule has 0 radical (unpaired) electrons. The lowest BCUT2D eigenvalue weighted by Gasteiger charge is -2.22. The van der Waals surface area contributed by atoms with Gasteiger partial charge in [-0.15, -0.1) is 0 Å². The lowest BCUT2D eigenvalue weighted by molar-refractivity contribution is -0.130. The number of amides is 1. The van der Waals surface area contributed by atoms with E-state index < -0.39 is 0 Å². The highest BCUT2D eigenvalue weighted by atomic mass is 32.2. The molecule has 1 N–H and O–H groups in total. The van der Waals surface area contributed by atoms with Crippen LogP contribution in [-0.2, 0) is 4.79 Å². The summed E-state index contributed by atoms with van der Waals surface area (Å²) in [6.07, 6.45) is 3.33. The largest absolute Gasteiger partial charge is 0.508 e. The number of carbonyl (C=O) groups is 1. The molecule has 2 aliphatic heterocycles. The van der Waals surface area contributed by atoms with Crippen LogP contribution in [0.2, 0.25) is 0 Å². The van der Waals surface area contributed by atoms with E-state index in [-0.39, 0.29) is 0 Å². The molecule has 156 valence electrons. The number of hydrogen-bond donors (Lipinski definition) is 1. The van der Waals surface area contributed by atoms with Gasteiger partial charge in [0, 0.05) is 42.9 Å². The molecule has 30 heavy (non-hydrogen) atoms. The Hall–Kier alpha value is -2.70. The van der Waals surface area contributed by atoms with Crippen molar-refractivity contribution < 1.29 is 14.3 Å². The number of furan rings is 1. The number of benzene rings is 2. The lowest BCUT2D eigenvalue weighted by Crippen LogP contribution is -2.32. The summed E-state index contributed by atoms with van der Waals surface area (Å²) in [5, 5.41) is 9.78. The van der Waals surface area contributed by atoms with Gasteiger partial charge < -0.3 is 14.4 Å². The Bertz CT molecular complexity index is 1030. The minimum Gasteiger partial charge on any atom is -0.508 e. The maximum Gasteiger partial charge on any atom is 0.223 e. The van der Waals surface area contributed by atoms with Crippen LogP contribution in [0.3, 0.4) is 0 Å². The van der Waals surface area contributed by atoms with E-state index in [0.717, 1.165) is 43.6 Å². The molecular weight excluding hydrogens is 396 g/mol. The topological polar surface area (TPSA) is 56.9 Å². The van der Waals surface area contributed by atoms with Crippen LogP contribution in [0.4, 0.5) is 0 Å². The van der Waals surface area contributed by atoms with Crippen molar-refractivity contribution in [3.8, 4) is 5.75 Å². The molecule has 0 saturated carbocycles. The molecule has 6 heteroatoms. The van der Waals surface area contributed by atoms with Crippen LogP contribution in [0.25, 0.3) is 11.0 Å². The molecule has 0 saturated heterocycles. The first-order valence-corrected chi connectivity index (χ1v) is 11.0. The van der Waals surface area contributed by atoms with E-state index in [2.05, 4.69) is 23.4 Å². The highest BCUT2D eigenvalue weighted by Crippen LogP contribution is 2.34. The van der Waals surface area contributed by atoms with E-state index >= 15 is 0 Å². The van der Waals surface area contributed by atoms with E-state index in [0.29, 0.717) is 18.1 Å². The lowest BCUT2D eigenvalue weighted by atomic mass is 10.2. The SMILES string of the molecule is CCCC(=O)N1CC2=C(CN(Sc3ccc4occc4c3)C2)C1.Oc1ccccc1. The monoisotopic (exact) mass is 422 g/mol. The average Bonchev–Trinajstić information content (AvgIpc) is 3.43. The number of nitrogens with zero attached hydrogens (tertiary/aromatic N) is 2. The van der Waals surface area contributed by atoms with Gasteiger partial charge in [-0.1, -0.05) is 25.1 Å². The molecule has 3 heterocycles. The highest BCUT2D eigenvalue weighted by molar-refractivity contribution is 7.97. The third-order valence-electron chi connectivity index (χ3n) is 5.23. The van der Waals surface area contributed by atoms with Crippen molar-refractivity contribution in [2.45, 2.75) is 24.7 Å². The molecule has 1 aromatic heterocycles. The quantitative estimate of drug-likeness (QED) is 0.469. The maximum absolute atomic E-state index is 12.0. The van der Waals surface area contributed by atoms with Gasteiger partial charge in [0.25, 0.3) is 0 Å². The second kappa shape index (κ2) is 9.41. The number of aromatic hydroxyl groups is 1. The molecule has 2 aliphatic rings. The number of phenolic OH excluding ortho intramolecular Hbond substituents is 1. The Morgan fingerprint density at radius 3 is 2.40 bits per heavy atom. The minimum absolute atomic E-state index is 0.298. The second-order valence-electron chi connectivity index (χ2n) is 7.55. The number of phenols is 1. The van der Waals surface area contributed by atoms with Gasteiger partial charge in [0.05, 0.1) is 6.26 Å². The summed E-state index contributed by atoms with van der Waals surface area (Å²) < 4.78 is 7.77. The fraction of sp³-hybridized carbons (Fsp3) is 0.292. The third-order valence-corrected chi connectivity index (χ3v) is 6.21. The van der Waals surface area contributed by atoms with Crippen LogP contribution in [0.5, 0.6) is 5.75 Å². The molecule has 0 bridgehead atoms. The van der Waals surface area contributed by atoms with Crippen molar-refractivity contribution >= 4 is 28.8 Å². The molecule has 0 unspecified atom stereocenters. The Kier molecular flexibility index (Phi) is 6.45. The van der Waals surface area contributed by atoms with Crippen LogP contribution in [0, 0.1) is 0 Å². The van der Waals surface area contributed by atoms with Gasteiger partial charge >= 0.3 is 0 Å². The molecule has 5 nitrogen and oxygen atoms in total. The average molecular weight is 423 g/mol. The van der Waals surface area contributed by atoms with Crippen LogP contribution in [0.1, 0.15) is 19.8 Å². The van der Waals surface area contributed by atoms with Crippen molar-refractivity contribution in [2.24, 2.45) is 0 Å². The fourth-order valence-corrected chi connectivity index (χ4v) is 4.78.